The van der Waals surface area contributed by atoms with Crippen LogP contribution in [0.1, 0.15) is 11.6 Å². The second-order valence-corrected chi connectivity index (χ2v) is 3.97. The first-order valence-electron chi connectivity index (χ1n) is 5.42. The van der Waals surface area contributed by atoms with Crippen molar-refractivity contribution in [3.05, 3.63) is 23.8 Å². The van der Waals surface area contributed by atoms with Crippen LogP contribution in [0.15, 0.2) is 18.2 Å². The highest BCUT2D eigenvalue weighted by Gasteiger charge is 2.35. The molecule has 1 fully saturated rings. The highest BCUT2D eigenvalue weighted by molar-refractivity contribution is 6.06. The molecule has 1 unspecified atom stereocenters. The average molecular weight is 249 g/mol. The van der Waals surface area contributed by atoms with Gasteiger partial charge < -0.3 is 14.4 Å². The Labute approximate surface area is 105 Å². The third-order valence-corrected chi connectivity index (χ3v) is 2.96. The largest absolute Gasteiger partial charge is 0.497 e. The number of hydrogen-bond acceptors (Lipinski definition) is 4. The number of amidine groups is 1. The fraction of sp³-hybridized carbons (Fsp3) is 0.333. The number of urea groups is 1. The van der Waals surface area contributed by atoms with Crippen LogP contribution in [0.5, 0.6) is 11.5 Å². The number of hydrogen-bond donors (Lipinski definition) is 2. The highest BCUT2D eigenvalue weighted by Crippen LogP contribution is 2.34. The molecule has 2 rings (SSSR count). The predicted octanol–water partition coefficient (Wildman–Crippen LogP) is 1.38. The van der Waals surface area contributed by atoms with Gasteiger partial charge in [-0.15, -0.1) is 0 Å². The van der Waals surface area contributed by atoms with Crippen LogP contribution in [0, 0.1) is 5.41 Å². The predicted molar refractivity (Wildman–Crippen MR) is 66.3 cm³/mol. The van der Waals surface area contributed by atoms with Crippen LogP contribution in [0.25, 0.3) is 0 Å². The van der Waals surface area contributed by atoms with Crippen LogP contribution in [-0.2, 0) is 0 Å². The molecule has 96 valence electrons. The van der Waals surface area contributed by atoms with Gasteiger partial charge in [-0.3, -0.25) is 10.7 Å². The summed E-state index contributed by atoms with van der Waals surface area (Å²) < 4.78 is 10.4. The molecule has 0 spiro atoms. The van der Waals surface area contributed by atoms with Crippen molar-refractivity contribution in [1.29, 1.82) is 5.41 Å². The van der Waals surface area contributed by atoms with Gasteiger partial charge in [-0.05, 0) is 12.1 Å². The number of nitrogens with one attached hydrogen (secondary N) is 2. The van der Waals surface area contributed by atoms with Gasteiger partial charge in [-0.1, -0.05) is 0 Å². The molecule has 6 nitrogen and oxygen atoms in total. The standard InChI is InChI=1S/C12H15N3O3/c1-15-10(11(13)14-12(15)16)8-5-4-7(17-2)6-9(8)18-3/h4-6,10H,1-3H3,(H2,13,14,16). The first kappa shape index (κ1) is 12.2. The van der Waals surface area contributed by atoms with Gasteiger partial charge in [-0.2, -0.15) is 0 Å². The van der Waals surface area contributed by atoms with E-state index in [2.05, 4.69) is 5.32 Å². The van der Waals surface area contributed by atoms with E-state index >= 15 is 0 Å². The van der Waals surface area contributed by atoms with Gasteiger partial charge in [0, 0.05) is 18.7 Å². The zero-order chi connectivity index (χ0) is 13.3. The summed E-state index contributed by atoms with van der Waals surface area (Å²) >= 11 is 0. The summed E-state index contributed by atoms with van der Waals surface area (Å²) in [6.45, 7) is 0. The summed E-state index contributed by atoms with van der Waals surface area (Å²) in [6, 6.07) is 4.58. The van der Waals surface area contributed by atoms with Crippen LogP contribution >= 0.6 is 0 Å². The van der Waals surface area contributed by atoms with Crippen LogP contribution in [-0.4, -0.2) is 38.0 Å². The lowest BCUT2D eigenvalue weighted by Gasteiger charge is -2.20. The first-order valence-corrected chi connectivity index (χ1v) is 5.42. The highest BCUT2D eigenvalue weighted by atomic mass is 16.5. The van der Waals surface area contributed by atoms with Crippen molar-refractivity contribution >= 4 is 11.9 Å². The molecule has 18 heavy (non-hydrogen) atoms. The molecule has 2 N–H and O–H groups in total. The summed E-state index contributed by atoms with van der Waals surface area (Å²) in [6.07, 6.45) is 0. The Bertz CT molecular complexity index is 501. The van der Waals surface area contributed by atoms with E-state index in [1.165, 1.54) is 4.90 Å². The van der Waals surface area contributed by atoms with Crippen molar-refractivity contribution in [2.24, 2.45) is 0 Å². The molecule has 6 heteroatoms. The summed E-state index contributed by atoms with van der Waals surface area (Å²) in [5.74, 6) is 1.40. The second-order valence-electron chi connectivity index (χ2n) is 3.97. The number of amides is 2. The molecular formula is C12H15N3O3. The van der Waals surface area contributed by atoms with Gasteiger partial charge >= 0.3 is 6.03 Å². The fourth-order valence-corrected chi connectivity index (χ4v) is 1.99. The normalized spacial score (nSPS) is 18.8. The Kier molecular flexibility index (Phi) is 3.10. The van der Waals surface area contributed by atoms with Gasteiger partial charge in [0.25, 0.3) is 0 Å². The number of ether oxygens (including phenoxy) is 2. The van der Waals surface area contributed by atoms with Crippen molar-refractivity contribution in [1.82, 2.24) is 10.2 Å². The summed E-state index contributed by atoms with van der Waals surface area (Å²) in [7, 11) is 4.76. The summed E-state index contributed by atoms with van der Waals surface area (Å²) in [5, 5.41) is 10.3. The summed E-state index contributed by atoms with van der Waals surface area (Å²) in [4.78, 5) is 13.0. The van der Waals surface area contributed by atoms with Crippen molar-refractivity contribution in [3.8, 4) is 11.5 Å². The van der Waals surface area contributed by atoms with Crippen molar-refractivity contribution < 1.29 is 14.3 Å². The first-order chi connectivity index (χ1) is 8.58. The Morgan fingerprint density at radius 1 is 1.33 bits per heavy atom. The third kappa shape index (κ3) is 1.85. The smallest absolute Gasteiger partial charge is 0.323 e. The monoisotopic (exact) mass is 249 g/mol. The van der Waals surface area contributed by atoms with E-state index in [0.717, 1.165) is 5.56 Å². The second kappa shape index (κ2) is 4.56. The molecular weight excluding hydrogens is 234 g/mol. The minimum atomic E-state index is -0.446. The Morgan fingerprint density at radius 2 is 2.06 bits per heavy atom. The average Bonchev–Trinajstić information content (AvgIpc) is 2.62. The molecule has 0 radical (unpaired) electrons. The number of likely N-dealkylation sites (N-methyl/N-ethyl adjacent to an activating group) is 1. The van der Waals surface area contributed by atoms with E-state index < -0.39 is 6.04 Å². The number of nitrogens with zero attached hydrogens (tertiary/aromatic N) is 1. The lowest BCUT2D eigenvalue weighted by molar-refractivity contribution is 0.217. The van der Waals surface area contributed by atoms with Gasteiger partial charge in [0.1, 0.15) is 23.4 Å². The van der Waals surface area contributed by atoms with E-state index in [-0.39, 0.29) is 11.9 Å². The van der Waals surface area contributed by atoms with Crippen molar-refractivity contribution in [3.63, 3.8) is 0 Å². The molecule has 0 aromatic heterocycles. The lowest BCUT2D eigenvalue weighted by atomic mass is 10.0. The van der Waals surface area contributed by atoms with Gasteiger partial charge in [0.15, 0.2) is 0 Å². The number of rotatable bonds is 3. The molecule has 1 aliphatic heterocycles. The maximum atomic E-state index is 11.5. The maximum absolute atomic E-state index is 11.5. The molecule has 2 amide bonds. The minimum absolute atomic E-state index is 0.144. The van der Waals surface area contributed by atoms with E-state index in [4.69, 9.17) is 14.9 Å². The van der Waals surface area contributed by atoms with E-state index in [9.17, 15) is 4.79 Å². The fourth-order valence-electron chi connectivity index (χ4n) is 1.99. The number of benzene rings is 1. The third-order valence-electron chi connectivity index (χ3n) is 2.96. The minimum Gasteiger partial charge on any atom is -0.497 e. The molecule has 1 atom stereocenters. The van der Waals surface area contributed by atoms with Crippen LogP contribution in [0.3, 0.4) is 0 Å². The molecule has 1 heterocycles. The number of methoxy groups -OCH3 is 2. The van der Waals surface area contributed by atoms with Gasteiger partial charge in [-0.25, -0.2) is 4.79 Å². The van der Waals surface area contributed by atoms with Gasteiger partial charge in [0.05, 0.1) is 14.2 Å². The van der Waals surface area contributed by atoms with E-state index in [1.54, 1.807) is 39.5 Å². The molecule has 1 aliphatic rings. The SMILES string of the molecule is COc1ccc(C2C(=N)NC(=O)N2C)c(OC)c1. The molecule has 1 aromatic rings. The molecule has 0 saturated carbocycles. The number of carbonyl (C=O) groups excluding carboxylic acids is 1. The molecule has 0 bridgehead atoms. The Balaban J connectivity index is 2.44. The molecule has 1 saturated heterocycles. The zero-order valence-electron chi connectivity index (χ0n) is 10.5. The summed E-state index contributed by atoms with van der Waals surface area (Å²) in [5.41, 5.74) is 0.754. The van der Waals surface area contributed by atoms with Crippen molar-refractivity contribution in [2.45, 2.75) is 6.04 Å². The Morgan fingerprint density at radius 3 is 2.56 bits per heavy atom. The van der Waals surface area contributed by atoms with Crippen LogP contribution in [0.2, 0.25) is 0 Å². The lowest BCUT2D eigenvalue weighted by Crippen LogP contribution is -2.25. The topological polar surface area (TPSA) is 74.7 Å². The van der Waals surface area contributed by atoms with Gasteiger partial charge in [0.2, 0.25) is 0 Å². The zero-order valence-corrected chi connectivity index (χ0v) is 10.5. The maximum Gasteiger partial charge on any atom is 0.323 e. The Hall–Kier alpha value is -2.24. The molecule has 0 aliphatic carbocycles. The van der Waals surface area contributed by atoms with E-state index in [1.807, 2.05) is 0 Å². The number of carbonyl (C=O) groups is 1. The van der Waals surface area contributed by atoms with E-state index in [0.29, 0.717) is 11.5 Å². The van der Waals surface area contributed by atoms with Crippen molar-refractivity contribution in [2.75, 3.05) is 21.3 Å². The van der Waals surface area contributed by atoms with Crippen LogP contribution < -0.4 is 14.8 Å². The quantitative estimate of drug-likeness (QED) is 0.849. The van der Waals surface area contributed by atoms with Crippen LogP contribution in [0.4, 0.5) is 4.79 Å². The molecule has 1 aromatic carbocycles.